The molecule has 0 bridgehead atoms. The second kappa shape index (κ2) is 14.5. The summed E-state index contributed by atoms with van der Waals surface area (Å²) < 4.78 is 85.3. The molecule has 1 fully saturated rings. The number of rotatable bonds is 11. The quantitative estimate of drug-likeness (QED) is 0.176. The van der Waals surface area contributed by atoms with Crippen LogP contribution in [0.2, 0.25) is 0 Å². The number of hydrogen-bond acceptors (Lipinski definition) is 8. The van der Waals surface area contributed by atoms with Crippen LogP contribution in [0.5, 0.6) is 0 Å². The number of carbonyl (C=O) groups is 1. The fourth-order valence-electron chi connectivity index (χ4n) is 5.72. The van der Waals surface area contributed by atoms with Crippen molar-refractivity contribution in [1.82, 2.24) is 19.6 Å². The fourth-order valence-corrected chi connectivity index (χ4v) is 7.32. The number of nitrogens with zero attached hydrogens (tertiary/aromatic N) is 3. The normalized spacial score (nSPS) is 16.8. The first-order valence-electron chi connectivity index (χ1n) is 14.8. The molecule has 1 aliphatic heterocycles. The van der Waals surface area contributed by atoms with Gasteiger partial charge in [-0.3, -0.25) is 9.78 Å². The molecule has 0 spiro atoms. The van der Waals surface area contributed by atoms with Crippen molar-refractivity contribution in [2.45, 2.75) is 42.2 Å². The molecule has 1 saturated heterocycles. The molecule has 0 aliphatic carbocycles. The minimum absolute atomic E-state index is 0.0139. The van der Waals surface area contributed by atoms with Crippen LogP contribution in [0.1, 0.15) is 35.4 Å². The summed E-state index contributed by atoms with van der Waals surface area (Å²) in [7, 11) is -3.87. The van der Waals surface area contributed by atoms with Gasteiger partial charge >= 0.3 is 0 Å². The summed E-state index contributed by atoms with van der Waals surface area (Å²) in [5.41, 5.74) is 12.5. The van der Waals surface area contributed by atoms with Crippen molar-refractivity contribution >= 4 is 27.4 Å². The third-order valence-electron chi connectivity index (χ3n) is 8.02. The zero-order chi connectivity index (χ0) is 33.7. The number of nitrogens with two attached hydrogens (primary N) is 2. The largest absolute Gasteiger partial charge is 0.384 e. The van der Waals surface area contributed by atoms with Gasteiger partial charge in [0.2, 0.25) is 15.9 Å². The SMILES string of the molecule is Nc1ccc(S(=O)(=O)N2CCNCC2CCCc2c(F)cncc2NC(=O)C(N)C(c2ccc(F)cc2)c2cc(F)cc(F)c2)cn1. The van der Waals surface area contributed by atoms with E-state index >= 15 is 4.39 Å². The molecule has 0 radical (unpaired) electrons. The number of carbonyl (C=O) groups excluding carboxylic acids is 1. The molecule has 10 nitrogen and oxygen atoms in total. The van der Waals surface area contributed by atoms with Crippen molar-refractivity contribution in [2.24, 2.45) is 5.73 Å². The standard InChI is InChI=1S/C32H33F4N7O3S/c33-21-6-4-19(5-7-21)30(20-12-22(34)14-23(35)13-20)31(38)32(44)42-28-18-40-17-27(36)26(28)3-1-2-24-15-39-10-11-43(24)47(45,46)25-8-9-29(37)41-16-25/h4-9,12-14,16-18,24,30-31,39H,1-3,10-11,15,38H2,(H2,37,41)(H,42,44). The van der Waals surface area contributed by atoms with Gasteiger partial charge in [-0.15, -0.1) is 0 Å². The van der Waals surface area contributed by atoms with Gasteiger partial charge in [0.05, 0.1) is 24.1 Å². The van der Waals surface area contributed by atoms with Gasteiger partial charge in [-0.05, 0) is 66.8 Å². The van der Waals surface area contributed by atoms with E-state index in [-0.39, 0.29) is 40.5 Å². The predicted octanol–water partition coefficient (Wildman–Crippen LogP) is 3.70. The Kier molecular flexibility index (Phi) is 10.5. The molecule has 47 heavy (non-hydrogen) atoms. The Morgan fingerprint density at radius 1 is 0.979 bits per heavy atom. The molecule has 0 saturated carbocycles. The molecule has 6 N–H and O–H groups in total. The van der Waals surface area contributed by atoms with E-state index < -0.39 is 57.2 Å². The minimum Gasteiger partial charge on any atom is -0.384 e. The maximum absolute atomic E-state index is 15.1. The number of sulfonamides is 1. The van der Waals surface area contributed by atoms with Gasteiger partial charge in [0.25, 0.3) is 0 Å². The highest BCUT2D eigenvalue weighted by molar-refractivity contribution is 7.89. The summed E-state index contributed by atoms with van der Waals surface area (Å²) in [5, 5.41) is 5.79. The van der Waals surface area contributed by atoms with Crippen molar-refractivity contribution in [2.75, 3.05) is 30.7 Å². The average molecular weight is 672 g/mol. The number of nitrogens with one attached hydrogen (secondary N) is 2. The molecule has 1 aliphatic rings. The topological polar surface area (TPSA) is 156 Å². The van der Waals surface area contributed by atoms with E-state index in [1.165, 1.54) is 41.0 Å². The Balaban J connectivity index is 1.32. The van der Waals surface area contributed by atoms with Crippen LogP contribution < -0.4 is 22.1 Å². The number of piperazine rings is 1. The fraction of sp³-hybridized carbons (Fsp3) is 0.281. The predicted molar refractivity (Wildman–Crippen MR) is 168 cm³/mol. The molecular formula is C32H33F4N7O3S. The van der Waals surface area contributed by atoms with Crippen LogP contribution in [-0.2, 0) is 21.2 Å². The molecule has 3 unspecified atom stereocenters. The van der Waals surface area contributed by atoms with E-state index in [2.05, 4.69) is 20.6 Å². The van der Waals surface area contributed by atoms with E-state index in [1.54, 1.807) is 0 Å². The highest BCUT2D eigenvalue weighted by atomic mass is 32.2. The number of aromatic nitrogens is 2. The third kappa shape index (κ3) is 7.93. The number of benzene rings is 2. The Morgan fingerprint density at radius 2 is 1.70 bits per heavy atom. The summed E-state index contributed by atoms with van der Waals surface area (Å²) >= 11 is 0. The Labute approximate surface area is 269 Å². The highest BCUT2D eigenvalue weighted by Gasteiger charge is 2.34. The van der Waals surface area contributed by atoms with Crippen molar-refractivity contribution in [3.05, 3.63) is 113 Å². The van der Waals surface area contributed by atoms with E-state index in [0.717, 1.165) is 30.5 Å². The summed E-state index contributed by atoms with van der Waals surface area (Å²) in [6.45, 7) is 1.06. The zero-order valence-electron chi connectivity index (χ0n) is 25.0. The Morgan fingerprint density at radius 3 is 2.38 bits per heavy atom. The molecule has 1 amide bonds. The van der Waals surface area contributed by atoms with Crippen LogP contribution in [0.4, 0.5) is 29.1 Å². The van der Waals surface area contributed by atoms with Crippen LogP contribution in [0, 0.1) is 23.3 Å². The first-order valence-corrected chi connectivity index (χ1v) is 16.2. The first kappa shape index (κ1) is 33.9. The van der Waals surface area contributed by atoms with Crippen molar-refractivity contribution in [3.8, 4) is 0 Å². The lowest BCUT2D eigenvalue weighted by Crippen LogP contribution is -2.53. The summed E-state index contributed by atoms with van der Waals surface area (Å²) in [6, 6.07) is 8.67. The number of hydrogen-bond donors (Lipinski definition) is 4. The molecule has 15 heteroatoms. The van der Waals surface area contributed by atoms with Gasteiger partial charge in [-0.25, -0.2) is 31.0 Å². The lowest BCUT2D eigenvalue weighted by molar-refractivity contribution is -0.117. The highest BCUT2D eigenvalue weighted by Crippen LogP contribution is 2.31. The van der Waals surface area contributed by atoms with Gasteiger partial charge in [0, 0.05) is 49.4 Å². The van der Waals surface area contributed by atoms with E-state index in [0.29, 0.717) is 37.6 Å². The van der Waals surface area contributed by atoms with Gasteiger partial charge in [-0.1, -0.05) is 12.1 Å². The molecular weight excluding hydrogens is 638 g/mol. The molecule has 3 atom stereocenters. The lowest BCUT2D eigenvalue weighted by atomic mass is 9.84. The number of halogens is 4. The summed E-state index contributed by atoms with van der Waals surface area (Å²) in [6.07, 6.45) is 4.28. The Bertz CT molecular complexity index is 1810. The maximum Gasteiger partial charge on any atom is 0.244 e. The molecule has 3 heterocycles. The van der Waals surface area contributed by atoms with Gasteiger partial charge in [-0.2, -0.15) is 4.31 Å². The molecule has 4 aromatic rings. The number of amides is 1. The van der Waals surface area contributed by atoms with Gasteiger partial charge in [0.15, 0.2) is 0 Å². The van der Waals surface area contributed by atoms with Crippen LogP contribution in [0.15, 0.2) is 78.1 Å². The Hall–Kier alpha value is -4.44. The van der Waals surface area contributed by atoms with Crippen LogP contribution in [-0.4, -0.2) is 60.3 Å². The van der Waals surface area contributed by atoms with Gasteiger partial charge in [0.1, 0.15) is 34.0 Å². The van der Waals surface area contributed by atoms with E-state index in [9.17, 15) is 26.4 Å². The van der Waals surface area contributed by atoms with Gasteiger partial charge < -0.3 is 22.1 Å². The monoisotopic (exact) mass is 671 g/mol. The second-order valence-corrected chi connectivity index (χ2v) is 13.1. The smallest absolute Gasteiger partial charge is 0.244 e. The maximum atomic E-state index is 15.1. The van der Waals surface area contributed by atoms with Crippen molar-refractivity contribution in [3.63, 3.8) is 0 Å². The number of nitrogen functional groups attached to an aromatic ring is 1. The molecule has 2 aromatic carbocycles. The second-order valence-electron chi connectivity index (χ2n) is 11.2. The van der Waals surface area contributed by atoms with Crippen LogP contribution in [0.3, 0.4) is 0 Å². The lowest BCUT2D eigenvalue weighted by Gasteiger charge is -2.35. The van der Waals surface area contributed by atoms with E-state index in [1.807, 2.05) is 0 Å². The van der Waals surface area contributed by atoms with Crippen LogP contribution >= 0.6 is 0 Å². The van der Waals surface area contributed by atoms with Crippen molar-refractivity contribution in [1.29, 1.82) is 0 Å². The number of pyridine rings is 2. The molecule has 5 rings (SSSR count). The average Bonchev–Trinajstić information content (AvgIpc) is 3.03. The first-order chi connectivity index (χ1) is 22.4. The molecule has 2 aromatic heterocycles. The van der Waals surface area contributed by atoms with Crippen LogP contribution in [0.25, 0.3) is 0 Å². The third-order valence-corrected chi connectivity index (χ3v) is 9.96. The zero-order valence-corrected chi connectivity index (χ0v) is 25.9. The molecule has 248 valence electrons. The minimum atomic E-state index is -3.87. The van der Waals surface area contributed by atoms with E-state index in [4.69, 9.17) is 11.5 Å². The summed E-state index contributed by atoms with van der Waals surface area (Å²) in [5.74, 6) is -4.73. The number of anilines is 2. The van der Waals surface area contributed by atoms with Crippen molar-refractivity contribution < 1.29 is 30.8 Å². The summed E-state index contributed by atoms with van der Waals surface area (Å²) in [4.78, 5) is 21.2.